The van der Waals surface area contributed by atoms with Gasteiger partial charge in [0.25, 0.3) is 10.0 Å². The van der Waals surface area contributed by atoms with Gasteiger partial charge in [0.15, 0.2) is 0 Å². The van der Waals surface area contributed by atoms with E-state index in [1.807, 2.05) is 58.9 Å². The summed E-state index contributed by atoms with van der Waals surface area (Å²) in [5, 5.41) is 2.95. The molecule has 2 amide bonds. The molecule has 0 saturated heterocycles. The molecule has 2 atom stereocenters. The lowest BCUT2D eigenvalue weighted by atomic mass is 10.1. The van der Waals surface area contributed by atoms with Gasteiger partial charge in [0.1, 0.15) is 18.3 Å². The average Bonchev–Trinajstić information content (AvgIpc) is 2.95. The normalized spacial score (nSPS) is 12.7. The number of hydrogen-bond acceptors (Lipinski definition) is 5. The monoisotopic (exact) mass is 579 g/mol. The van der Waals surface area contributed by atoms with E-state index in [9.17, 15) is 18.0 Å². The van der Waals surface area contributed by atoms with Crippen LogP contribution in [0.1, 0.15) is 50.8 Å². The third-order valence-electron chi connectivity index (χ3n) is 6.93. The zero-order valence-corrected chi connectivity index (χ0v) is 25.6. The van der Waals surface area contributed by atoms with Crippen LogP contribution in [-0.4, -0.2) is 50.4 Å². The molecule has 0 spiro atoms. The van der Waals surface area contributed by atoms with Crippen LogP contribution in [-0.2, 0) is 26.2 Å². The Morgan fingerprint density at radius 3 is 2.15 bits per heavy atom. The fourth-order valence-electron chi connectivity index (χ4n) is 4.30. The zero-order chi connectivity index (χ0) is 30.2. The highest BCUT2D eigenvalue weighted by Gasteiger charge is 2.32. The van der Waals surface area contributed by atoms with E-state index in [0.29, 0.717) is 18.0 Å². The molecule has 8 nitrogen and oxygen atoms in total. The van der Waals surface area contributed by atoms with Gasteiger partial charge in [0, 0.05) is 12.6 Å². The molecule has 3 aromatic carbocycles. The van der Waals surface area contributed by atoms with Crippen molar-refractivity contribution in [2.75, 3.05) is 17.5 Å². The molecular formula is C32H41N3O5S. The van der Waals surface area contributed by atoms with Crippen molar-refractivity contribution >= 4 is 27.5 Å². The SMILES string of the molecule is CCOc1ccc(S(=O)(=O)N(CC(=O)N(Cc2cccc(C)c2)[C@@H](C)C(=O)N[C@H](C)CC)c2ccc(C)cc2)cc1. The molecule has 0 aromatic heterocycles. The van der Waals surface area contributed by atoms with E-state index in [1.165, 1.54) is 17.0 Å². The summed E-state index contributed by atoms with van der Waals surface area (Å²) in [5.74, 6) is -0.236. The third-order valence-corrected chi connectivity index (χ3v) is 8.72. The van der Waals surface area contributed by atoms with Crippen LogP contribution in [0.3, 0.4) is 0 Å². The number of carbonyl (C=O) groups is 2. The number of amides is 2. The summed E-state index contributed by atoms with van der Waals surface area (Å²) in [6, 6.07) is 19.9. The molecule has 0 saturated carbocycles. The second kappa shape index (κ2) is 14.2. The van der Waals surface area contributed by atoms with Gasteiger partial charge in [-0.05, 0) is 83.0 Å². The third kappa shape index (κ3) is 8.33. The van der Waals surface area contributed by atoms with Crippen LogP contribution in [0, 0.1) is 13.8 Å². The molecule has 0 fully saturated rings. The lowest BCUT2D eigenvalue weighted by Crippen LogP contribution is -2.52. The van der Waals surface area contributed by atoms with E-state index in [4.69, 9.17) is 4.74 Å². The second-order valence-corrected chi connectivity index (χ2v) is 12.1. The minimum atomic E-state index is -4.15. The number of anilines is 1. The number of hydrogen-bond donors (Lipinski definition) is 1. The number of benzene rings is 3. The van der Waals surface area contributed by atoms with Crippen molar-refractivity contribution in [3.05, 3.63) is 89.5 Å². The number of nitrogens with zero attached hydrogens (tertiary/aromatic N) is 2. The summed E-state index contributed by atoms with van der Waals surface area (Å²) in [4.78, 5) is 28.7. The van der Waals surface area contributed by atoms with Crippen molar-refractivity contribution in [1.82, 2.24) is 10.2 Å². The summed E-state index contributed by atoms with van der Waals surface area (Å²) in [5.41, 5.74) is 3.17. The zero-order valence-electron chi connectivity index (χ0n) is 24.8. The van der Waals surface area contributed by atoms with Gasteiger partial charge >= 0.3 is 0 Å². The van der Waals surface area contributed by atoms with Crippen molar-refractivity contribution in [2.45, 2.75) is 71.5 Å². The van der Waals surface area contributed by atoms with Crippen molar-refractivity contribution in [2.24, 2.45) is 0 Å². The highest BCUT2D eigenvalue weighted by molar-refractivity contribution is 7.92. The van der Waals surface area contributed by atoms with E-state index in [1.54, 1.807) is 43.3 Å². The quantitative estimate of drug-likeness (QED) is 0.299. The molecule has 0 aliphatic rings. The summed E-state index contributed by atoms with van der Waals surface area (Å²) in [6.07, 6.45) is 0.742. The lowest BCUT2D eigenvalue weighted by molar-refractivity contribution is -0.139. The number of sulfonamides is 1. The predicted octanol–water partition coefficient (Wildman–Crippen LogP) is 5.23. The average molecular weight is 580 g/mol. The molecule has 9 heteroatoms. The molecular weight excluding hydrogens is 538 g/mol. The van der Waals surface area contributed by atoms with Gasteiger partial charge in [0.05, 0.1) is 17.2 Å². The van der Waals surface area contributed by atoms with Gasteiger partial charge in [-0.3, -0.25) is 13.9 Å². The number of aryl methyl sites for hydroxylation is 2. The van der Waals surface area contributed by atoms with Gasteiger partial charge in [0.2, 0.25) is 11.8 Å². The predicted molar refractivity (Wildman–Crippen MR) is 162 cm³/mol. The van der Waals surface area contributed by atoms with Crippen molar-refractivity contribution in [3.8, 4) is 5.75 Å². The summed E-state index contributed by atoms with van der Waals surface area (Å²) < 4.78 is 34.5. The molecule has 0 bridgehead atoms. The Kier molecular flexibility index (Phi) is 10.9. The maximum absolute atomic E-state index is 14.0. The molecule has 41 heavy (non-hydrogen) atoms. The Balaban J connectivity index is 2.01. The first-order valence-electron chi connectivity index (χ1n) is 13.9. The Morgan fingerprint density at radius 1 is 0.902 bits per heavy atom. The summed E-state index contributed by atoms with van der Waals surface area (Å²) >= 11 is 0. The maximum Gasteiger partial charge on any atom is 0.264 e. The van der Waals surface area contributed by atoms with Crippen LogP contribution in [0.4, 0.5) is 5.69 Å². The topological polar surface area (TPSA) is 96.0 Å². The van der Waals surface area contributed by atoms with Gasteiger partial charge in [-0.15, -0.1) is 0 Å². The minimum absolute atomic E-state index is 0.0297. The minimum Gasteiger partial charge on any atom is -0.494 e. The molecule has 1 N–H and O–H groups in total. The van der Waals surface area contributed by atoms with Crippen LogP contribution in [0.5, 0.6) is 5.75 Å². The molecule has 3 aromatic rings. The first-order valence-corrected chi connectivity index (χ1v) is 15.4. The van der Waals surface area contributed by atoms with E-state index < -0.39 is 28.5 Å². The molecule has 3 rings (SSSR count). The Labute approximate surface area is 244 Å². The van der Waals surface area contributed by atoms with Gasteiger partial charge in [-0.25, -0.2) is 8.42 Å². The van der Waals surface area contributed by atoms with Gasteiger partial charge in [-0.2, -0.15) is 0 Å². The van der Waals surface area contributed by atoms with Crippen LogP contribution in [0.2, 0.25) is 0 Å². The van der Waals surface area contributed by atoms with Gasteiger partial charge < -0.3 is 15.0 Å². The fourth-order valence-corrected chi connectivity index (χ4v) is 5.71. The van der Waals surface area contributed by atoms with Crippen molar-refractivity contribution < 1.29 is 22.7 Å². The number of ether oxygens (including phenoxy) is 1. The Bertz CT molecular complexity index is 1420. The highest BCUT2D eigenvalue weighted by Crippen LogP contribution is 2.26. The Hall–Kier alpha value is -3.85. The highest BCUT2D eigenvalue weighted by atomic mass is 32.2. The van der Waals surface area contributed by atoms with E-state index in [0.717, 1.165) is 27.4 Å². The molecule has 0 aliphatic heterocycles. The maximum atomic E-state index is 14.0. The van der Waals surface area contributed by atoms with E-state index in [2.05, 4.69) is 5.32 Å². The Morgan fingerprint density at radius 2 is 1.56 bits per heavy atom. The van der Waals surface area contributed by atoms with E-state index >= 15 is 0 Å². The number of carbonyl (C=O) groups excluding carboxylic acids is 2. The first kappa shape index (κ1) is 31.7. The van der Waals surface area contributed by atoms with E-state index in [-0.39, 0.29) is 23.4 Å². The van der Waals surface area contributed by atoms with Crippen molar-refractivity contribution in [3.63, 3.8) is 0 Å². The summed E-state index contributed by atoms with van der Waals surface area (Å²) in [6.45, 7) is 11.4. The largest absolute Gasteiger partial charge is 0.494 e. The molecule has 220 valence electrons. The molecule has 0 heterocycles. The standard InChI is InChI=1S/C32H41N3O5S/c1-7-25(5)33-32(37)26(6)34(21-27-11-9-10-24(4)20-27)31(36)22-35(28-14-12-23(3)13-15-28)41(38,39)30-18-16-29(17-19-30)40-8-2/h9-20,25-26H,7-8,21-22H2,1-6H3,(H,33,37)/t25-,26+/m1/s1. The smallest absolute Gasteiger partial charge is 0.264 e. The molecule has 0 unspecified atom stereocenters. The van der Waals surface area contributed by atoms with Crippen LogP contribution < -0.4 is 14.4 Å². The van der Waals surface area contributed by atoms with Gasteiger partial charge in [-0.1, -0.05) is 54.4 Å². The first-order chi connectivity index (χ1) is 19.5. The number of rotatable bonds is 13. The molecule has 0 radical (unpaired) electrons. The van der Waals surface area contributed by atoms with Crippen LogP contribution >= 0.6 is 0 Å². The van der Waals surface area contributed by atoms with Crippen LogP contribution in [0.15, 0.2) is 77.7 Å². The lowest BCUT2D eigenvalue weighted by Gasteiger charge is -2.32. The second-order valence-electron chi connectivity index (χ2n) is 10.3. The fraction of sp³-hybridized carbons (Fsp3) is 0.375. The van der Waals surface area contributed by atoms with Crippen LogP contribution in [0.25, 0.3) is 0 Å². The van der Waals surface area contributed by atoms with Crippen molar-refractivity contribution in [1.29, 1.82) is 0 Å². The summed E-state index contributed by atoms with van der Waals surface area (Å²) in [7, 11) is -4.15. The number of nitrogens with one attached hydrogen (secondary N) is 1. The molecule has 0 aliphatic carbocycles.